The summed E-state index contributed by atoms with van der Waals surface area (Å²) in [6, 6.07) is -0.831. The number of carbonyl (C=O) groups excluding carboxylic acids is 1. The maximum absolute atomic E-state index is 11.9. The predicted molar refractivity (Wildman–Crippen MR) is 55.2 cm³/mol. The molecule has 1 aromatic heterocycles. The van der Waals surface area contributed by atoms with Crippen LogP contribution in [0, 0.1) is 0 Å². The van der Waals surface area contributed by atoms with Crippen molar-refractivity contribution in [1.29, 1.82) is 0 Å². The van der Waals surface area contributed by atoms with Crippen LogP contribution in [0.25, 0.3) is 0 Å². The molecule has 2 heterocycles. The van der Waals surface area contributed by atoms with Gasteiger partial charge in [0.2, 0.25) is 0 Å². The van der Waals surface area contributed by atoms with E-state index in [-0.39, 0.29) is 18.1 Å². The Bertz CT molecular complexity index is 394. The molecule has 16 heavy (non-hydrogen) atoms. The Hall–Kier alpha value is -1.54. The lowest BCUT2D eigenvalue weighted by molar-refractivity contribution is -0.142. The van der Waals surface area contributed by atoms with Crippen LogP contribution in [0.15, 0.2) is 5.38 Å². The Kier molecular flexibility index (Phi) is 3.11. The maximum atomic E-state index is 11.9. The van der Waals surface area contributed by atoms with Gasteiger partial charge in [-0.15, -0.1) is 5.10 Å². The van der Waals surface area contributed by atoms with Crippen LogP contribution in [-0.2, 0) is 4.79 Å². The molecule has 1 aromatic rings. The van der Waals surface area contributed by atoms with Gasteiger partial charge in [-0.2, -0.15) is 0 Å². The average molecular weight is 242 g/mol. The molecule has 2 N–H and O–H groups in total. The van der Waals surface area contributed by atoms with Crippen LogP contribution >= 0.6 is 11.5 Å². The van der Waals surface area contributed by atoms with Crippen molar-refractivity contribution >= 4 is 23.4 Å². The summed E-state index contributed by atoms with van der Waals surface area (Å²) in [5.74, 6) is -1.38. The van der Waals surface area contributed by atoms with Gasteiger partial charge in [0.15, 0.2) is 5.69 Å². The van der Waals surface area contributed by atoms with E-state index in [0.717, 1.165) is 11.5 Å². The monoisotopic (exact) mass is 242 g/mol. The number of carbonyl (C=O) groups is 2. The summed E-state index contributed by atoms with van der Waals surface area (Å²) in [4.78, 5) is 24.2. The Balaban J connectivity index is 2.17. The molecule has 2 rings (SSSR count). The summed E-state index contributed by atoms with van der Waals surface area (Å²) in [7, 11) is 0. The standard InChI is InChI=1S/C8H10N4O3S/c13-7(5-4-16-11-10-5)12-2-1-9-3-6(12)8(14)15/h4,6,9H,1-3H2,(H,14,15). The van der Waals surface area contributed by atoms with Gasteiger partial charge in [0.1, 0.15) is 6.04 Å². The predicted octanol–water partition coefficient (Wildman–Crippen LogP) is -0.963. The first kappa shape index (κ1) is 11.0. The number of nitrogens with zero attached hydrogens (tertiary/aromatic N) is 3. The highest BCUT2D eigenvalue weighted by Gasteiger charge is 2.33. The topological polar surface area (TPSA) is 95.4 Å². The molecule has 1 aliphatic rings. The van der Waals surface area contributed by atoms with E-state index in [1.54, 1.807) is 0 Å². The first-order valence-electron chi connectivity index (χ1n) is 4.71. The molecule has 1 unspecified atom stereocenters. The Morgan fingerprint density at radius 1 is 1.62 bits per heavy atom. The smallest absolute Gasteiger partial charge is 0.327 e. The zero-order valence-electron chi connectivity index (χ0n) is 8.29. The van der Waals surface area contributed by atoms with Gasteiger partial charge in [0.25, 0.3) is 5.91 Å². The van der Waals surface area contributed by atoms with Crippen molar-refractivity contribution in [3.8, 4) is 0 Å². The second kappa shape index (κ2) is 4.54. The highest BCUT2D eigenvalue weighted by atomic mass is 32.1. The van der Waals surface area contributed by atoms with Crippen LogP contribution in [0.2, 0.25) is 0 Å². The van der Waals surface area contributed by atoms with Crippen LogP contribution in [0.3, 0.4) is 0 Å². The minimum atomic E-state index is -1.01. The second-order valence-corrected chi connectivity index (χ2v) is 3.96. The zero-order valence-corrected chi connectivity index (χ0v) is 9.11. The van der Waals surface area contributed by atoms with Crippen LogP contribution in [0.4, 0.5) is 0 Å². The Morgan fingerprint density at radius 2 is 2.44 bits per heavy atom. The van der Waals surface area contributed by atoms with Crippen LogP contribution in [0.5, 0.6) is 0 Å². The summed E-state index contributed by atoms with van der Waals surface area (Å²) in [6.07, 6.45) is 0. The number of piperazine rings is 1. The van der Waals surface area contributed by atoms with E-state index < -0.39 is 12.0 Å². The lowest BCUT2D eigenvalue weighted by Gasteiger charge is -2.32. The fraction of sp³-hybridized carbons (Fsp3) is 0.500. The minimum absolute atomic E-state index is 0.207. The van der Waals surface area contributed by atoms with Gasteiger partial charge < -0.3 is 15.3 Å². The number of hydrogen-bond donors (Lipinski definition) is 2. The van der Waals surface area contributed by atoms with E-state index in [9.17, 15) is 9.59 Å². The SMILES string of the molecule is O=C(O)C1CNCCN1C(=O)c1csnn1. The molecule has 1 amide bonds. The third-order valence-corrected chi connectivity index (χ3v) is 2.87. The maximum Gasteiger partial charge on any atom is 0.327 e. The quantitative estimate of drug-likeness (QED) is 0.693. The molecule has 1 aliphatic heterocycles. The normalized spacial score (nSPS) is 20.8. The van der Waals surface area contributed by atoms with E-state index in [1.165, 1.54) is 10.3 Å². The van der Waals surface area contributed by atoms with Gasteiger partial charge >= 0.3 is 5.97 Å². The molecular formula is C8H10N4O3S. The molecule has 0 aliphatic carbocycles. The molecule has 0 spiro atoms. The number of aromatic nitrogens is 2. The molecular weight excluding hydrogens is 232 g/mol. The summed E-state index contributed by atoms with van der Waals surface area (Å²) in [6.45, 7) is 1.22. The first-order chi connectivity index (χ1) is 7.70. The van der Waals surface area contributed by atoms with Gasteiger partial charge in [0.05, 0.1) is 0 Å². The molecule has 1 atom stereocenters. The highest BCUT2D eigenvalue weighted by molar-refractivity contribution is 7.03. The van der Waals surface area contributed by atoms with Gasteiger partial charge in [-0.05, 0) is 11.5 Å². The lowest BCUT2D eigenvalue weighted by atomic mass is 10.2. The number of hydrogen-bond acceptors (Lipinski definition) is 6. The summed E-state index contributed by atoms with van der Waals surface area (Å²) >= 11 is 1.07. The molecule has 0 saturated carbocycles. The van der Waals surface area contributed by atoms with Crippen molar-refractivity contribution in [2.75, 3.05) is 19.6 Å². The van der Waals surface area contributed by atoms with Crippen LogP contribution < -0.4 is 5.32 Å². The van der Waals surface area contributed by atoms with E-state index >= 15 is 0 Å². The fourth-order valence-corrected chi connectivity index (χ4v) is 2.00. The van der Waals surface area contributed by atoms with Crippen molar-refractivity contribution in [2.24, 2.45) is 0 Å². The molecule has 0 bridgehead atoms. The summed E-state index contributed by atoms with van der Waals surface area (Å²) < 4.78 is 3.59. The number of carboxylic acid groups (broad SMARTS) is 1. The minimum Gasteiger partial charge on any atom is -0.480 e. The van der Waals surface area contributed by atoms with Crippen molar-refractivity contribution in [2.45, 2.75) is 6.04 Å². The molecule has 1 fully saturated rings. The third-order valence-electron chi connectivity index (χ3n) is 2.37. The lowest BCUT2D eigenvalue weighted by Crippen LogP contribution is -2.57. The van der Waals surface area contributed by atoms with E-state index in [4.69, 9.17) is 5.11 Å². The molecule has 86 valence electrons. The summed E-state index contributed by atoms with van der Waals surface area (Å²) in [5, 5.41) is 17.1. The fourth-order valence-electron chi connectivity index (χ4n) is 1.57. The van der Waals surface area contributed by atoms with Crippen molar-refractivity contribution in [3.63, 3.8) is 0 Å². The summed E-state index contributed by atoms with van der Waals surface area (Å²) in [5.41, 5.74) is 0.207. The molecule has 8 heteroatoms. The Morgan fingerprint density at radius 3 is 3.06 bits per heavy atom. The molecule has 0 aromatic carbocycles. The number of amides is 1. The van der Waals surface area contributed by atoms with Gasteiger partial charge in [-0.1, -0.05) is 4.49 Å². The molecule has 7 nitrogen and oxygen atoms in total. The van der Waals surface area contributed by atoms with Gasteiger partial charge in [0, 0.05) is 25.0 Å². The number of rotatable bonds is 2. The van der Waals surface area contributed by atoms with E-state index in [1.807, 2.05) is 0 Å². The van der Waals surface area contributed by atoms with Crippen molar-refractivity contribution in [3.05, 3.63) is 11.1 Å². The zero-order chi connectivity index (χ0) is 11.5. The largest absolute Gasteiger partial charge is 0.480 e. The van der Waals surface area contributed by atoms with E-state index in [2.05, 4.69) is 14.9 Å². The van der Waals surface area contributed by atoms with Crippen LogP contribution in [-0.4, -0.2) is 57.1 Å². The first-order valence-corrected chi connectivity index (χ1v) is 5.55. The van der Waals surface area contributed by atoms with Crippen LogP contribution in [0.1, 0.15) is 10.5 Å². The van der Waals surface area contributed by atoms with Gasteiger partial charge in [-0.3, -0.25) is 4.79 Å². The number of nitrogens with one attached hydrogen (secondary N) is 1. The van der Waals surface area contributed by atoms with Crippen molar-refractivity contribution in [1.82, 2.24) is 19.8 Å². The molecule has 1 saturated heterocycles. The second-order valence-electron chi connectivity index (χ2n) is 3.35. The third kappa shape index (κ3) is 2.02. The average Bonchev–Trinajstić information content (AvgIpc) is 2.81. The van der Waals surface area contributed by atoms with Crippen molar-refractivity contribution < 1.29 is 14.7 Å². The molecule has 0 radical (unpaired) electrons. The Labute approximate surface area is 95.2 Å². The number of aliphatic carboxylic acids is 1. The van der Waals surface area contributed by atoms with E-state index in [0.29, 0.717) is 13.1 Å². The highest BCUT2D eigenvalue weighted by Crippen LogP contribution is 2.09. The van der Waals surface area contributed by atoms with Gasteiger partial charge in [-0.25, -0.2) is 4.79 Å². The number of carboxylic acids is 1.